The fourth-order valence-corrected chi connectivity index (χ4v) is 2.56. The molecule has 3 aromatic rings. The molecule has 27 heavy (non-hydrogen) atoms. The number of carbonyl (C=O) groups is 1. The molecule has 1 heterocycles. The first kappa shape index (κ1) is 18.5. The maximum Gasteiger partial charge on any atom is 0.233 e. The molecule has 5 nitrogen and oxygen atoms in total. The van der Waals surface area contributed by atoms with Gasteiger partial charge in [-0.15, -0.1) is 10.2 Å². The van der Waals surface area contributed by atoms with Crippen molar-refractivity contribution in [1.82, 2.24) is 15.5 Å². The van der Waals surface area contributed by atoms with Crippen LogP contribution in [0.25, 0.3) is 11.3 Å². The molecule has 1 aromatic heterocycles. The van der Waals surface area contributed by atoms with Gasteiger partial charge in [-0.05, 0) is 48.4 Å². The maximum atomic E-state index is 13.0. The van der Waals surface area contributed by atoms with Crippen molar-refractivity contribution in [3.05, 3.63) is 77.6 Å². The highest BCUT2D eigenvalue weighted by atomic mass is 19.1. The normalized spacial score (nSPS) is 10.4. The molecule has 1 amide bonds. The summed E-state index contributed by atoms with van der Waals surface area (Å²) in [6.07, 6.45) is 0.346. The standard InChI is InChI=1S/C21H20FN3O2/c1-15-4-2-3-5-17(15)14-20(26)23-12-13-27-21-11-10-19(24-25-21)16-6-8-18(22)9-7-16/h2-11H,12-14H2,1H3,(H,23,26). The van der Waals surface area contributed by atoms with E-state index in [4.69, 9.17) is 4.74 Å². The largest absolute Gasteiger partial charge is 0.475 e. The molecule has 138 valence electrons. The molecule has 6 heteroatoms. The number of hydrogen-bond acceptors (Lipinski definition) is 4. The Morgan fingerprint density at radius 2 is 1.81 bits per heavy atom. The molecule has 0 unspecified atom stereocenters. The van der Waals surface area contributed by atoms with Crippen molar-refractivity contribution in [3.63, 3.8) is 0 Å². The Morgan fingerprint density at radius 3 is 2.52 bits per heavy atom. The van der Waals surface area contributed by atoms with Crippen molar-refractivity contribution in [3.8, 4) is 17.1 Å². The summed E-state index contributed by atoms with van der Waals surface area (Å²) >= 11 is 0. The van der Waals surface area contributed by atoms with Gasteiger partial charge in [-0.3, -0.25) is 4.79 Å². The predicted octanol–water partition coefficient (Wildman–Crippen LogP) is 3.33. The highest BCUT2D eigenvalue weighted by Gasteiger charge is 2.06. The third-order valence-corrected chi connectivity index (χ3v) is 4.07. The van der Waals surface area contributed by atoms with Crippen LogP contribution >= 0.6 is 0 Å². The Morgan fingerprint density at radius 1 is 1.04 bits per heavy atom. The quantitative estimate of drug-likeness (QED) is 0.653. The first-order valence-electron chi connectivity index (χ1n) is 8.65. The average Bonchev–Trinajstić information content (AvgIpc) is 2.68. The van der Waals surface area contributed by atoms with E-state index >= 15 is 0 Å². The lowest BCUT2D eigenvalue weighted by Crippen LogP contribution is -2.29. The topological polar surface area (TPSA) is 64.1 Å². The Balaban J connectivity index is 1.43. The van der Waals surface area contributed by atoms with Crippen LogP contribution in [-0.4, -0.2) is 29.3 Å². The molecular weight excluding hydrogens is 345 g/mol. The summed E-state index contributed by atoms with van der Waals surface area (Å²) in [5.41, 5.74) is 3.52. The highest BCUT2D eigenvalue weighted by molar-refractivity contribution is 5.78. The van der Waals surface area contributed by atoms with E-state index in [0.29, 0.717) is 31.1 Å². The van der Waals surface area contributed by atoms with Gasteiger partial charge < -0.3 is 10.1 Å². The summed E-state index contributed by atoms with van der Waals surface area (Å²) in [7, 11) is 0. The lowest BCUT2D eigenvalue weighted by atomic mass is 10.1. The number of benzene rings is 2. The molecule has 3 rings (SSSR count). The number of aromatic nitrogens is 2. The van der Waals surface area contributed by atoms with Crippen molar-refractivity contribution < 1.29 is 13.9 Å². The molecule has 2 aromatic carbocycles. The third-order valence-electron chi connectivity index (χ3n) is 4.07. The Kier molecular flexibility index (Phi) is 6.10. The summed E-state index contributed by atoms with van der Waals surface area (Å²) in [6, 6.07) is 17.3. The lowest BCUT2D eigenvalue weighted by molar-refractivity contribution is -0.120. The van der Waals surface area contributed by atoms with Crippen molar-refractivity contribution in [1.29, 1.82) is 0 Å². The van der Waals surface area contributed by atoms with Crippen LogP contribution in [0.4, 0.5) is 4.39 Å². The van der Waals surface area contributed by atoms with E-state index in [1.54, 1.807) is 24.3 Å². The Bertz CT molecular complexity index is 896. The number of carbonyl (C=O) groups excluding carboxylic acids is 1. The van der Waals surface area contributed by atoms with Gasteiger partial charge in [0.25, 0.3) is 0 Å². The van der Waals surface area contributed by atoms with Crippen LogP contribution in [0.2, 0.25) is 0 Å². The van der Waals surface area contributed by atoms with Crippen LogP contribution in [0.5, 0.6) is 5.88 Å². The SMILES string of the molecule is Cc1ccccc1CC(=O)NCCOc1ccc(-c2ccc(F)cc2)nn1. The fraction of sp³-hybridized carbons (Fsp3) is 0.190. The second-order valence-corrected chi connectivity index (χ2v) is 6.07. The zero-order valence-electron chi connectivity index (χ0n) is 15.0. The van der Waals surface area contributed by atoms with Crippen molar-refractivity contribution in [2.75, 3.05) is 13.2 Å². The summed E-state index contributed by atoms with van der Waals surface area (Å²) in [4.78, 5) is 12.0. The smallest absolute Gasteiger partial charge is 0.233 e. The van der Waals surface area contributed by atoms with E-state index in [2.05, 4.69) is 15.5 Å². The Labute approximate surface area is 157 Å². The number of amides is 1. The van der Waals surface area contributed by atoms with E-state index in [9.17, 15) is 9.18 Å². The third kappa shape index (κ3) is 5.34. The zero-order chi connectivity index (χ0) is 19.1. The molecule has 0 fully saturated rings. The molecule has 0 radical (unpaired) electrons. The van der Waals surface area contributed by atoms with Gasteiger partial charge in [0, 0.05) is 11.6 Å². The summed E-state index contributed by atoms with van der Waals surface area (Å²) in [5, 5.41) is 10.9. The fourth-order valence-electron chi connectivity index (χ4n) is 2.56. The van der Waals surface area contributed by atoms with E-state index < -0.39 is 0 Å². The summed E-state index contributed by atoms with van der Waals surface area (Å²) in [6.45, 7) is 2.66. The first-order valence-corrected chi connectivity index (χ1v) is 8.65. The summed E-state index contributed by atoms with van der Waals surface area (Å²) < 4.78 is 18.4. The molecule has 0 spiro atoms. The Hall–Kier alpha value is -3.28. The van der Waals surface area contributed by atoms with Crippen molar-refractivity contribution in [2.45, 2.75) is 13.3 Å². The van der Waals surface area contributed by atoms with Gasteiger partial charge in [0.05, 0.1) is 18.7 Å². The van der Waals surface area contributed by atoms with Gasteiger partial charge in [-0.1, -0.05) is 24.3 Å². The van der Waals surface area contributed by atoms with E-state index in [1.807, 2.05) is 31.2 Å². The molecule has 1 N–H and O–H groups in total. The molecule has 0 saturated heterocycles. The van der Waals surface area contributed by atoms with Gasteiger partial charge in [0.1, 0.15) is 12.4 Å². The van der Waals surface area contributed by atoms with Gasteiger partial charge in [0.15, 0.2) is 0 Å². The average molecular weight is 365 g/mol. The molecular formula is C21H20FN3O2. The molecule has 0 aliphatic heterocycles. The van der Waals surface area contributed by atoms with Crippen molar-refractivity contribution in [2.24, 2.45) is 0 Å². The van der Waals surface area contributed by atoms with Gasteiger partial charge in [0.2, 0.25) is 11.8 Å². The van der Waals surface area contributed by atoms with Crippen LogP contribution in [0.3, 0.4) is 0 Å². The molecule has 0 aliphatic carbocycles. The van der Waals surface area contributed by atoms with Crippen molar-refractivity contribution >= 4 is 5.91 Å². The number of halogens is 1. The minimum absolute atomic E-state index is 0.0503. The number of aryl methyl sites for hydroxylation is 1. The first-order chi connectivity index (χ1) is 13.1. The number of nitrogens with one attached hydrogen (secondary N) is 1. The monoisotopic (exact) mass is 365 g/mol. The van der Waals surface area contributed by atoms with Crippen LogP contribution in [0, 0.1) is 12.7 Å². The second-order valence-electron chi connectivity index (χ2n) is 6.07. The van der Waals surface area contributed by atoms with E-state index in [0.717, 1.165) is 16.7 Å². The number of rotatable bonds is 7. The zero-order valence-corrected chi connectivity index (χ0v) is 15.0. The van der Waals surface area contributed by atoms with Crippen LogP contribution in [-0.2, 0) is 11.2 Å². The molecule has 0 bridgehead atoms. The van der Waals surface area contributed by atoms with Gasteiger partial charge in [-0.25, -0.2) is 4.39 Å². The highest BCUT2D eigenvalue weighted by Crippen LogP contribution is 2.18. The van der Waals surface area contributed by atoms with Gasteiger partial charge in [-0.2, -0.15) is 0 Å². The van der Waals surface area contributed by atoms with Crippen LogP contribution < -0.4 is 10.1 Å². The molecule has 0 atom stereocenters. The van der Waals surface area contributed by atoms with Gasteiger partial charge >= 0.3 is 0 Å². The summed E-state index contributed by atoms with van der Waals surface area (Å²) in [5.74, 6) is 0.0239. The molecule has 0 aliphatic rings. The minimum Gasteiger partial charge on any atom is -0.475 e. The van der Waals surface area contributed by atoms with Crippen LogP contribution in [0.15, 0.2) is 60.7 Å². The van der Waals surface area contributed by atoms with E-state index in [-0.39, 0.29) is 11.7 Å². The number of nitrogens with zero attached hydrogens (tertiary/aromatic N) is 2. The van der Waals surface area contributed by atoms with E-state index in [1.165, 1.54) is 12.1 Å². The molecule has 0 saturated carbocycles. The predicted molar refractivity (Wildman–Crippen MR) is 101 cm³/mol. The number of hydrogen-bond donors (Lipinski definition) is 1. The minimum atomic E-state index is -0.295. The number of ether oxygens (including phenoxy) is 1. The maximum absolute atomic E-state index is 13.0. The van der Waals surface area contributed by atoms with Crippen LogP contribution in [0.1, 0.15) is 11.1 Å². The second kappa shape index (κ2) is 8.89. The lowest BCUT2D eigenvalue weighted by Gasteiger charge is -2.08.